The van der Waals surface area contributed by atoms with E-state index in [-0.39, 0.29) is 11.6 Å². The van der Waals surface area contributed by atoms with Crippen LogP contribution < -0.4 is 5.32 Å². The fourth-order valence-electron chi connectivity index (χ4n) is 1.98. The average molecular weight is 289 g/mol. The van der Waals surface area contributed by atoms with Crippen LogP contribution in [0.4, 0.5) is 10.1 Å². The normalized spacial score (nSPS) is 10.7. The molecule has 5 heteroatoms. The number of fused-ring (bicyclic) bond motifs is 1. The van der Waals surface area contributed by atoms with E-state index in [4.69, 9.17) is 11.6 Å². The first-order valence-electron chi connectivity index (χ1n) is 5.97. The van der Waals surface area contributed by atoms with Crippen LogP contribution in [0.5, 0.6) is 0 Å². The number of aromatic nitrogens is 1. The minimum Gasteiger partial charge on any atom is -0.361 e. The van der Waals surface area contributed by atoms with E-state index in [0.29, 0.717) is 10.6 Å². The number of nitrogens with one attached hydrogen (secondary N) is 2. The zero-order valence-electron chi connectivity index (χ0n) is 10.3. The van der Waals surface area contributed by atoms with Crippen LogP contribution in [0, 0.1) is 5.82 Å². The van der Waals surface area contributed by atoms with Crippen LogP contribution in [0.1, 0.15) is 10.4 Å². The molecule has 2 aromatic carbocycles. The van der Waals surface area contributed by atoms with E-state index >= 15 is 0 Å². The topological polar surface area (TPSA) is 44.9 Å². The number of amides is 1. The quantitative estimate of drug-likeness (QED) is 0.729. The van der Waals surface area contributed by atoms with Crippen molar-refractivity contribution in [3.05, 3.63) is 65.1 Å². The van der Waals surface area contributed by atoms with Crippen LogP contribution in [-0.4, -0.2) is 10.9 Å². The molecule has 0 aliphatic carbocycles. The van der Waals surface area contributed by atoms with Crippen molar-refractivity contribution in [3.8, 4) is 0 Å². The number of H-pyrrole nitrogens is 1. The van der Waals surface area contributed by atoms with Gasteiger partial charge >= 0.3 is 0 Å². The maximum absolute atomic E-state index is 13.6. The Bertz CT molecular complexity index is 797. The van der Waals surface area contributed by atoms with Crippen molar-refractivity contribution in [2.75, 3.05) is 5.32 Å². The Morgan fingerprint density at radius 2 is 2.00 bits per heavy atom. The van der Waals surface area contributed by atoms with Gasteiger partial charge in [0.05, 0.1) is 5.69 Å². The van der Waals surface area contributed by atoms with Gasteiger partial charge in [-0.2, -0.15) is 0 Å². The van der Waals surface area contributed by atoms with Crippen molar-refractivity contribution in [2.24, 2.45) is 0 Å². The first-order chi connectivity index (χ1) is 9.63. The summed E-state index contributed by atoms with van der Waals surface area (Å²) in [6.45, 7) is 0. The first kappa shape index (κ1) is 12.7. The van der Waals surface area contributed by atoms with Crippen molar-refractivity contribution in [1.29, 1.82) is 0 Å². The molecular formula is C15H10ClFN2O. The standard InChI is InChI=1S/C15H10ClFN2O/c16-11-2-3-12(17)14(8-11)19-15(20)10-1-4-13-9(7-10)5-6-18-13/h1-8,18H,(H,19,20). The molecule has 1 heterocycles. The van der Waals surface area contributed by atoms with Crippen LogP contribution in [0.25, 0.3) is 10.9 Å². The Kier molecular flexibility index (Phi) is 3.16. The van der Waals surface area contributed by atoms with Crippen LogP contribution >= 0.6 is 11.6 Å². The fraction of sp³-hybridized carbons (Fsp3) is 0. The van der Waals surface area contributed by atoms with Gasteiger partial charge < -0.3 is 10.3 Å². The van der Waals surface area contributed by atoms with Crippen LogP contribution in [0.15, 0.2) is 48.7 Å². The molecule has 1 amide bonds. The van der Waals surface area contributed by atoms with E-state index < -0.39 is 5.82 Å². The van der Waals surface area contributed by atoms with Gasteiger partial charge in [-0.25, -0.2) is 4.39 Å². The highest BCUT2D eigenvalue weighted by atomic mass is 35.5. The van der Waals surface area contributed by atoms with Crippen molar-refractivity contribution < 1.29 is 9.18 Å². The second-order valence-corrected chi connectivity index (χ2v) is 4.79. The summed E-state index contributed by atoms with van der Waals surface area (Å²) in [5, 5.41) is 3.80. The largest absolute Gasteiger partial charge is 0.361 e. The Morgan fingerprint density at radius 3 is 2.85 bits per heavy atom. The molecule has 0 saturated carbocycles. The maximum Gasteiger partial charge on any atom is 0.255 e. The van der Waals surface area contributed by atoms with Crippen LogP contribution in [0.2, 0.25) is 5.02 Å². The van der Waals surface area contributed by atoms with Crippen molar-refractivity contribution in [1.82, 2.24) is 4.98 Å². The van der Waals surface area contributed by atoms with E-state index in [1.807, 2.05) is 6.07 Å². The number of hydrogen-bond acceptors (Lipinski definition) is 1. The predicted molar refractivity (Wildman–Crippen MR) is 77.7 cm³/mol. The summed E-state index contributed by atoms with van der Waals surface area (Å²) in [7, 11) is 0. The van der Waals surface area contributed by atoms with E-state index in [1.54, 1.807) is 24.4 Å². The van der Waals surface area contributed by atoms with E-state index in [9.17, 15) is 9.18 Å². The number of benzene rings is 2. The maximum atomic E-state index is 13.6. The lowest BCUT2D eigenvalue weighted by Gasteiger charge is -2.07. The summed E-state index contributed by atoms with van der Waals surface area (Å²) in [5.74, 6) is -0.903. The van der Waals surface area contributed by atoms with Crippen molar-refractivity contribution in [2.45, 2.75) is 0 Å². The highest BCUT2D eigenvalue weighted by Crippen LogP contribution is 2.21. The molecule has 2 N–H and O–H groups in total. The van der Waals surface area contributed by atoms with Gasteiger partial charge in [0.25, 0.3) is 5.91 Å². The summed E-state index contributed by atoms with van der Waals surface area (Å²) in [5.41, 5.74) is 1.46. The Balaban J connectivity index is 1.90. The average Bonchev–Trinajstić information content (AvgIpc) is 2.90. The molecule has 3 nitrogen and oxygen atoms in total. The monoisotopic (exact) mass is 288 g/mol. The molecular weight excluding hydrogens is 279 g/mol. The SMILES string of the molecule is O=C(Nc1cc(Cl)ccc1F)c1ccc2[nH]ccc2c1. The highest BCUT2D eigenvalue weighted by molar-refractivity contribution is 6.31. The number of carbonyl (C=O) groups excluding carboxylic acids is 1. The summed E-state index contributed by atoms with van der Waals surface area (Å²) >= 11 is 5.79. The molecule has 0 unspecified atom stereocenters. The molecule has 0 bridgehead atoms. The molecule has 0 spiro atoms. The second-order valence-electron chi connectivity index (χ2n) is 4.36. The van der Waals surface area contributed by atoms with Gasteiger partial charge in [-0.15, -0.1) is 0 Å². The lowest BCUT2D eigenvalue weighted by molar-refractivity contribution is 0.102. The number of halogens is 2. The number of rotatable bonds is 2. The van der Waals surface area contributed by atoms with Gasteiger partial charge in [-0.1, -0.05) is 11.6 Å². The Labute approximate surface area is 119 Å². The number of hydrogen-bond donors (Lipinski definition) is 2. The van der Waals surface area contributed by atoms with E-state index in [0.717, 1.165) is 10.9 Å². The summed E-state index contributed by atoms with van der Waals surface area (Å²) in [4.78, 5) is 15.2. The minimum atomic E-state index is -0.523. The highest BCUT2D eigenvalue weighted by Gasteiger charge is 2.10. The number of carbonyl (C=O) groups is 1. The summed E-state index contributed by atoms with van der Waals surface area (Å²) in [6, 6.07) is 11.1. The predicted octanol–water partition coefficient (Wildman–Crippen LogP) is 4.21. The third-order valence-electron chi connectivity index (χ3n) is 2.99. The third kappa shape index (κ3) is 2.38. The van der Waals surface area contributed by atoms with Gasteiger partial charge in [0, 0.05) is 27.7 Å². The number of anilines is 1. The Hall–Kier alpha value is -2.33. The molecule has 0 fully saturated rings. The molecule has 3 aromatic rings. The smallest absolute Gasteiger partial charge is 0.255 e. The molecule has 0 aliphatic heterocycles. The van der Waals surface area contributed by atoms with Gasteiger partial charge in [-0.05, 0) is 42.5 Å². The van der Waals surface area contributed by atoms with Crippen LogP contribution in [-0.2, 0) is 0 Å². The lowest BCUT2D eigenvalue weighted by Crippen LogP contribution is -2.12. The molecule has 3 rings (SSSR count). The van der Waals surface area contributed by atoms with Gasteiger partial charge in [0.2, 0.25) is 0 Å². The fourth-order valence-corrected chi connectivity index (χ4v) is 2.15. The summed E-state index contributed by atoms with van der Waals surface area (Å²) in [6.07, 6.45) is 1.79. The zero-order chi connectivity index (χ0) is 14.1. The third-order valence-corrected chi connectivity index (χ3v) is 3.23. The molecule has 0 saturated heterocycles. The van der Waals surface area contributed by atoms with E-state index in [1.165, 1.54) is 18.2 Å². The van der Waals surface area contributed by atoms with E-state index in [2.05, 4.69) is 10.3 Å². The van der Waals surface area contributed by atoms with Gasteiger partial charge in [-0.3, -0.25) is 4.79 Å². The zero-order valence-corrected chi connectivity index (χ0v) is 11.0. The molecule has 0 aliphatic rings. The first-order valence-corrected chi connectivity index (χ1v) is 6.35. The molecule has 20 heavy (non-hydrogen) atoms. The lowest BCUT2D eigenvalue weighted by atomic mass is 10.1. The molecule has 0 atom stereocenters. The molecule has 1 aromatic heterocycles. The minimum absolute atomic E-state index is 0.0664. The van der Waals surface area contributed by atoms with Gasteiger partial charge in [0.1, 0.15) is 5.82 Å². The number of aromatic amines is 1. The second kappa shape index (κ2) is 4.98. The van der Waals surface area contributed by atoms with Crippen molar-refractivity contribution >= 4 is 34.1 Å². The molecule has 0 radical (unpaired) electrons. The van der Waals surface area contributed by atoms with Crippen molar-refractivity contribution in [3.63, 3.8) is 0 Å². The Morgan fingerprint density at radius 1 is 1.15 bits per heavy atom. The summed E-state index contributed by atoms with van der Waals surface area (Å²) < 4.78 is 13.6. The van der Waals surface area contributed by atoms with Gasteiger partial charge in [0.15, 0.2) is 0 Å². The van der Waals surface area contributed by atoms with Crippen LogP contribution in [0.3, 0.4) is 0 Å². The molecule has 100 valence electrons.